The molecule has 220 valence electrons. The Morgan fingerprint density at radius 3 is 2.45 bits per heavy atom. The highest BCUT2D eigenvalue weighted by atomic mass is 16.5. The number of hydrogen-bond acceptors (Lipinski definition) is 7. The van der Waals surface area contributed by atoms with Crippen LogP contribution in [0.4, 0.5) is 0 Å². The van der Waals surface area contributed by atoms with Crippen LogP contribution < -0.4 is 9.47 Å². The Morgan fingerprint density at radius 2 is 1.71 bits per heavy atom. The molecule has 3 aromatic carbocycles. The van der Waals surface area contributed by atoms with Gasteiger partial charge in [-0.15, -0.1) is 0 Å². The number of ether oxygens (including phenoxy) is 3. The minimum absolute atomic E-state index is 0.0739. The van der Waals surface area contributed by atoms with Crippen molar-refractivity contribution in [2.24, 2.45) is 0 Å². The number of Topliss-reactive ketones (excluding diaryl/α,β-unsaturated/α-hetero) is 1. The summed E-state index contributed by atoms with van der Waals surface area (Å²) in [5.74, 6) is 0.466. The van der Waals surface area contributed by atoms with E-state index in [2.05, 4.69) is 4.90 Å². The molecular weight excluding hydrogens is 532 g/mol. The third-order valence-corrected chi connectivity index (χ3v) is 7.58. The summed E-state index contributed by atoms with van der Waals surface area (Å²) in [6.45, 7) is 8.76. The largest absolute Gasteiger partial charge is 0.507 e. The van der Waals surface area contributed by atoms with Crippen LogP contribution in [0.25, 0.3) is 5.76 Å². The first-order chi connectivity index (χ1) is 20.5. The molecular formula is C34H38N2O6. The molecule has 1 unspecified atom stereocenters. The van der Waals surface area contributed by atoms with Gasteiger partial charge in [0.25, 0.3) is 11.7 Å². The number of hydrogen-bond donors (Lipinski definition) is 1. The van der Waals surface area contributed by atoms with E-state index in [1.807, 2.05) is 68.4 Å². The van der Waals surface area contributed by atoms with Gasteiger partial charge in [0.2, 0.25) is 0 Å². The molecule has 1 N–H and O–H groups in total. The molecule has 8 heteroatoms. The van der Waals surface area contributed by atoms with E-state index in [1.165, 1.54) is 0 Å². The molecule has 0 spiro atoms. The molecule has 1 amide bonds. The predicted octanol–water partition coefficient (Wildman–Crippen LogP) is 5.72. The average Bonchev–Trinajstić information content (AvgIpc) is 3.26. The van der Waals surface area contributed by atoms with Crippen molar-refractivity contribution in [2.75, 3.05) is 46.0 Å². The number of aliphatic hydroxyl groups excluding tert-OH is 1. The molecule has 42 heavy (non-hydrogen) atoms. The number of nitrogens with zero attached hydrogens (tertiary/aromatic N) is 2. The number of carbonyl (C=O) groups is 2. The summed E-state index contributed by atoms with van der Waals surface area (Å²) in [4.78, 5) is 30.9. The third kappa shape index (κ3) is 6.66. The predicted molar refractivity (Wildman–Crippen MR) is 161 cm³/mol. The molecule has 0 radical (unpaired) electrons. The number of aliphatic hydroxyl groups is 1. The van der Waals surface area contributed by atoms with Gasteiger partial charge in [0, 0.05) is 31.7 Å². The molecule has 1 atom stereocenters. The SMILES string of the molecule is CCCOc1ccc(/C(O)=C2\C(=O)C(=O)N(CCCN3CCOCC3)C2c2cccc(Oc3ccccc3)c2)cc1C. The number of morpholine rings is 1. The average molecular weight is 571 g/mol. The first kappa shape index (κ1) is 29.4. The Labute approximate surface area is 247 Å². The van der Waals surface area contributed by atoms with Crippen LogP contribution in [-0.4, -0.2) is 72.6 Å². The quantitative estimate of drug-likeness (QED) is 0.179. The van der Waals surface area contributed by atoms with Crippen molar-refractivity contribution >= 4 is 17.4 Å². The van der Waals surface area contributed by atoms with Gasteiger partial charge < -0.3 is 24.2 Å². The molecule has 0 aromatic heterocycles. The van der Waals surface area contributed by atoms with E-state index >= 15 is 0 Å². The fraction of sp³-hybridized carbons (Fsp3) is 0.353. The second-order valence-electron chi connectivity index (χ2n) is 10.6. The van der Waals surface area contributed by atoms with Gasteiger partial charge in [0.05, 0.1) is 31.4 Å². The first-order valence-corrected chi connectivity index (χ1v) is 14.6. The van der Waals surface area contributed by atoms with Crippen LogP contribution in [0.5, 0.6) is 17.2 Å². The van der Waals surface area contributed by atoms with Crippen molar-refractivity contribution in [1.29, 1.82) is 0 Å². The number of aryl methyl sites for hydroxylation is 1. The second-order valence-corrected chi connectivity index (χ2v) is 10.6. The summed E-state index contributed by atoms with van der Waals surface area (Å²) in [6.07, 6.45) is 1.57. The highest BCUT2D eigenvalue weighted by Crippen LogP contribution is 2.41. The Kier molecular flexibility index (Phi) is 9.56. The fourth-order valence-electron chi connectivity index (χ4n) is 5.45. The minimum atomic E-state index is -0.759. The van der Waals surface area contributed by atoms with Gasteiger partial charge in [0.1, 0.15) is 23.0 Å². The van der Waals surface area contributed by atoms with Gasteiger partial charge >= 0.3 is 0 Å². The Morgan fingerprint density at radius 1 is 0.952 bits per heavy atom. The normalized spacial score (nSPS) is 18.8. The van der Waals surface area contributed by atoms with Crippen LogP contribution in [0, 0.1) is 6.92 Å². The molecule has 2 saturated heterocycles. The van der Waals surface area contributed by atoms with Crippen LogP contribution in [0.15, 0.2) is 78.4 Å². The number of rotatable bonds is 11. The minimum Gasteiger partial charge on any atom is -0.507 e. The summed E-state index contributed by atoms with van der Waals surface area (Å²) in [7, 11) is 0. The van der Waals surface area contributed by atoms with E-state index in [9.17, 15) is 14.7 Å². The van der Waals surface area contributed by atoms with Crippen LogP contribution in [-0.2, 0) is 14.3 Å². The van der Waals surface area contributed by atoms with E-state index in [0.29, 0.717) is 55.4 Å². The topological polar surface area (TPSA) is 88.5 Å². The molecule has 2 heterocycles. The van der Waals surface area contributed by atoms with Crippen molar-refractivity contribution < 1.29 is 28.9 Å². The van der Waals surface area contributed by atoms with Gasteiger partial charge in [-0.25, -0.2) is 0 Å². The van der Waals surface area contributed by atoms with Crippen molar-refractivity contribution in [3.05, 3.63) is 95.1 Å². The molecule has 2 aliphatic rings. The fourth-order valence-corrected chi connectivity index (χ4v) is 5.45. The lowest BCUT2D eigenvalue weighted by atomic mass is 9.94. The van der Waals surface area contributed by atoms with Crippen molar-refractivity contribution in [2.45, 2.75) is 32.7 Å². The van der Waals surface area contributed by atoms with Crippen molar-refractivity contribution in [3.63, 3.8) is 0 Å². The maximum Gasteiger partial charge on any atom is 0.295 e. The molecule has 2 aliphatic heterocycles. The Balaban J connectivity index is 1.49. The lowest BCUT2D eigenvalue weighted by Crippen LogP contribution is -2.38. The third-order valence-electron chi connectivity index (χ3n) is 7.58. The smallest absolute Gasteiger partial charge is 0.295 e. The van der Waals surface area contributed by atoms with Crippen LogP contribution in [0.1, 0.15) is 42.5 Å². The first-order valence-electron chi connectivity index (χ1n) is 14.6. The number of carbonyl (C=O) groups excluding carboxylic acids is 2. The van der Waals surface area contributed by atoms with Crippen molar-refractivity contribution in [1.82, 2.24) is 9.80 Å². The highest BCUT2D eigenvalue weighted by Gasteiger charge is 2.46. The maximum absolute atomic E-state index is 13.6. The molecule has 2 fully saturated rings. The zero-order valence-electron chi connectivity index (χ0n) is 24.3. The van der Waals surface area contributed by atoms with Crippen LogP contribution in [0.3, 0.4) is 0 Å². The van der Waals surface area contributed by atoms with E-state index in [-0.39, 0.29) is 11.3 Å². The molecule has 0 bridgehead atoms. The molecule has 3 aromatic rings. The number of likely N-dealkylation sites (tertiary alicyclic amines) is 1. The van der Waals surface area contributed by atoms with E-state index in [0.717, 1.165) is 37.4 Å². The standard InChI is InChI=1S/C34H38N2O6/c1-3-19-41-29-14-13-26(22-24(29)2)32(37)30-31(25-9-7-12-28(23-25)42-27-10-5-4-6-11-27)36(34(39)33(30)38)16-8-15-35-17-20-40-21-18-35/h4-7,9-14,22-23,31,37H,3,8,15-21H2,1-2H3/b32-30+. The molecule has 0 aliphatic carbocycles. The van der Waals surface area contributed by atoms with Gasteiger partial charge in [-0.3, -0.25) is 14.5 Å². The van der Waals surface area contributed by atoms with Crippen molar-refractivity contribution in [3.8, 4) is 17.2 Å². The highest BCUT2D eigenvalue weighted by molar-refractivity contribution is 6.46. The summed E-state index contributed by atoms with van der Waals surface area (Å²) in [5.41, 5.74) is 2.06. The summed E-state index contributed by atoms with van der Waals surface area (Å²) in [5, 5.41) is 11.6. The Hall–Kier alpha value is -4.14. The van der Waals surface area contributed by atoms with Gasteiger partial charge in [-0.05, 0) is 73.4 Å². The number of amides is 1. The maximum atomic E-state index is 13.6. The van der Waals surface area contributed by atoms with E-state index in [1.54, 1.807) is 23.1 Å². The summed E-state index contributed by atoms with van der Waals surface area (Å²) in [6, 6.07) is 21.3. The van der Waals surface area contributed by atoms with E-state index in [4.69, 9.17) is 14.2 Å². The monoisotopic (exact) mass is 570 g/mol. The van der Waals surface area contributed by atoms with Gasteiger partial charge in [-0.1, -0.05) is 37.3 Å². The van der Waals surface area contributed by atoms with Gasteiger partial charge in [0.15, 0.2) is 0 Å². The molecule has 5 rings (SSSR count). The Bertz CT molecular complexity index is 1430. The number of ketones is 1. The second kappa shape index (κ2) is 13.7. The van der Waals surface area contributed by atoms with Crippen LogP contribution >= 0.6 is 0 Å². The number of para-hydroxylation sites is 1. The lowest BCUT2D eigenvalue weighted by Gasteiger charge is -2.29. The van der Waals surface area contributed by atoms with E-state index < -0.39 is 17.7 Å². The molecule has 0 saturated carbocycles. The zero-order valence-corrected chi connectivity index (χ0v) is 24.3. The lowest BCUT2D eigenvalue weighted by molar-refractivity contribution is -0.140. The molecule has 8 nitrogen and oxygen atoms in total. The van der Waals surface area contributed by atoms with Crippen LogP contribution in [0.2, 0.25) is 0 Å². The summed E-state index contributed by atoms with van der Waals surface area (Å²) < 4.78 is 17.3. The number of benzene rings is 3. The van der Waals surface area contributed by atoms with Gasteiger partial charge in [-0.2, -0.15) is 0 Å². The zero-order chi connectivity index (χ0) is 29.5. The summed E-state index contributed by atoms with van der Waals surface area (Å²) >= 11 is 0.